The Morgan fingerprint density at radius 1 is 1.80 bits per heavy atom. The molecule has 29 valence electrons. The maximum Gasteiger partial charge on any atom is 0.00825 e. The van der Waals surface area contributed by atoms with Crippen LogP contribution in [-0.4, -0.2) is 5.75 Å². The van der Waals surface area contributed by atoms with Crippen LogP contribution in [0.2, 0.25) is 0 Å². The van der Waals surface area contributed by atoms with Crippen molar-refractivity contribution < 1.29 is 0 Å². The van der Waals surface area contributed by atoms with Gasteiger partial charge in [0.1, 0.15) is 0 Å². The highest BCUT2D eigenvalue weighted by Gasteiger charge is 1.52. The Labute approximate surface area is 38.3 Å². The van der Waals surface area contributed by atoms with Crippen molar-refractivity contribution in [3.63, 3.8) is 0 Å². The molecule has 0 amide bonds. The Hall–Kier alpha value is 0.0900. The number of rotatable bonds is 1. The molecule has 0 atom stereocenters. The summed E-state index contributed by atoms with van der Waals surface area (Å²) in [5, 5.41) is 0. The molecule has 0 unspecified atom stereocenters. The van der Waals surface area contributed by atoms with Crippen molar-refractivity contribution in [1.82, 2.24) is 0 Å². The fraction of sp³-hybridized carbons (Fsp3) is 0.250. The summed E-state index contributed by atoms with van der Waals surface area (Å²) in [4.78, 5) is 0. The van der Waals surface area contributed by atoms with Crippen molar-refractivity contribution in [2.24, 2.45) is 0 Å². The first-order valence-electron chi connectivity index (χ1n) is 1.47. The average Bonchev–Trinajstić information content (AvgIpc) is 1.41. The van der Waals surface area contributed by atoms with Gasteiger partial charge in [0.15, 0.2) is 0 Å². The summed E-state index contributed by atoms with van der Waals surface area (Å²) in [6.45, 7) is 3.45. The summed E-state index contributed by atoms with van der Waals surface area (Å²) in [7, 11) is 0. The molecule has 1 heteroatoms. The van der Waals surface area contributed by atoms with Gasteiger partial charge in [0.25, 0.3) is 0 Å². The minimum atomic E-state index is 0.795. The maximum absolute atomic E-state index is 3.87. The monoisotopic (exact) mass is 87.0 g/mol. The molecule has 0 rings (SSSR count). The Morgan fingerprint density at radius 3 is 2.40 bits per heavy atom. The summed E-state index contributed by atoms with van der Waals surface area (Å²) in [5.74, 6) is 0.795. The molecule has 5 heavy (non-hydrogen) atoms. The van der Waals surface area contributed by atoms with Gasteiger partial charge in [-0.05, 0) is 6.92 Å². The molecule has 0 aliphatic carbocycles. The van der Waals surface area contributed by atoms with Crippen LogP contribution in [0.4, 0.5) is 0 Å². The number of thiol groups is 1. The van der Waals surface area contributed by atoms with Crippen LogP contribution in [0, 0.1) is 6.92 Å². The molecule has 0 spiro atoms. The summed E-state index contributed by atoms with van der Waals surface area (Å²) in [5.41, 5.74) is 0. The Morgan fingerprint density at radius 2 is 2.40 bits per heavy atom. The van der Waals surface area contributed by atoms with Gasteiger partial charge in [-0.25, -0.2) is 0 Å². The molecule has 0 aliphatic heterocycles. The van der Waals surface area contributed by atoms with E-state index in [2.05, 4.69) is 19.6 Å². The molecule has 0 aromatic rings. The summed E-state index contributed by atoms with van der Waals surface area (Å²) in [6.07, 6.45) is 3.61. The fourth-order valence-electron chi connectivity index (χ4n) is 0.0745. The van der Waals surface area contributed by atoms with Crippen molar-refractivity contribution in [3.8, 4) is 0 Å². The zero-order chi connectivity index (χ0) is 4.12. The molecule has 0 nitrogen and oxygen atoms in total. The number of hydrogen-bond acceptors (Lipinski definition) is 1. The third-order valence-corrected chi connectivity index (χ3v) is 0.483. The van der Waals surface area contributed by atoms with E-state index in [1.54, 1.807) is 6.08 Å². The maximum atomic E-state index is 3.87. The van der Waals surface area contributed by atoms with Gasteiger partial charge in [0, 0.05) is 5.75 Å². The molecular formula is C4H7S. The predicted octanol–water partition coefficient (Wildman–Crippen LogP) is 1.31. The van der Waals surface area contributed by atoms with Crippen molar-refractivity contribution in [2.45, 2.75) is 0 Å². The van der Waals surface area contributed by atoms with E-state index in [4.69, 9.17) is 0 Å². The Bertz CT molecular complexity index is 30.6. The van der Waals surface area contributed by atoms with Crippen LogP contribution >= 0.6 is 12.6 Å². The molecule has 1 radical (unpaired) electrons. The lowest BCUT2D eigenvalue weighted by Gasteiger charge is -1.64. The second-order valence-electron chi connectivity index (χ2n) is 0.654. The third-order valence-electron chi connectivity index (χ3n) is 0.272. The molecule has 0 saturated heterocycles. The van der Waals surface area contributed by atoms with Gasteiger partial charge < -0.3 is 0 Å². The van der Waals surface area contributed by atoms with E-state index >= 15 is 0 Å². The standard InChI is InChI=1S/C4H7S/c1-2-3-4-5/h2-3,5H,1,4H2. The van der Waals surface area contributed by atoms with Gasteiger partial charge in [-0.15, -0.1) is 0 Å². The van der Waals surface area contributed by atoms with Crippen molar-refractivity contribution in [2.75, 3.05) is 5.75 Å². The highest BCUT2D eigenvalue weighted by Crippen LogP contribution is 1.71. The van der Waals surface area contributed by atoms with Gasteiger partial charge in [0.05, 0.1) is 0 Å². The largest absolute Gasteiger partial charge is 0.175 e. The van der Waals surface area contributed by atoms with Crippen LogP contribution < -0.4 is 0 Å². The average molecular weight is 87.2 g/mol. The minimum absolute atomic E-state index is 0.795. The fourth-order valence-corrected chi connectivity index (χ4v) is 0.224. The predicted molar refractivity (Wildman–Crippen MR) is 28.3 cm³/mol. The van der Waals surface area contributed by atoms with Crippen LogP contribution in [-0.2, 0) is 0 Å². The van der Waals surface area contributed by atoms with E-state index < -0.39 is 0 Å². The van der Waals surface area contributed by atoms with Crippen LogP contribution in [0.15, 0.2) is 12.2 Å². The molecule has 0 fully saturated rings. The molecular weight excluding hydrogens is 80.1 g/mol. The second-order valence-corrected chi connectivity index (χ2v) is 1.02. The Balaban J connectivity index is 2.62. The first-order chi connectivity index (χ1) is 2.41. The summed E-state index contributed by atoms with van der Waals surface area (Å²) < 4.78 is 0. The normalized spacial score (nSPS) is 10.0. The first-order valence-corrected chi connectivity index (χ1v) is 2.10. The van der Waals surface area contributed by atoms with E-state index in [-0.39, 0.29) is 0 Å². The van der Waals surface area contributed by atoms with Crippen molar-refractivity contribution in [3.05, 3.63) is 19.1 Å². The lowest BCUT2D eigenvalue weighted by Crippen LogP contribution is -1.51. The van der Waals surface area contributed by atoms with Crippen LogP contribution in [0.25, 0.3) is 0 Å². The van der Waals surface area contributed by atoms with Gasteiger partial charge in [-0.1, -0.05) is 12.2 Å². The smallest absolute Gasteiger partial charge is 0.00825 e. The van der Waals surface area contributed by atoms with E-state index in [0.29, 0.717) is 0 Å². The SMILES string of the molecule is [CH2]C=CCS. The highest BCUT2D eigenvalue weighted by atomic mass is 32.1. The zero-order valence-corrected chi connectivity index (χ0v) is 3.91. The highest BCUT2D eigenvalue weighted by molar-refractivity contribution is 7.80. The van der Waals surface area contributed by atoms with E-state index in [0.717, 1.165) is 5.75 Å². The van der Waals surface area contributed by atoms with E-state index in [1.165, 1.54) is 0 Å². The van der Waals surface area contributed by atoms with Gasteiger partial charge in [-0.2, -0.15) is 12.6 Å². The lowest BCUT2D eigenvalue weighted by atomic mass is 10.6. The van der Waals surface area contributed by atoms with Crippen LogP contribution in [0.1, 0.15) is 0 Å². The molecule has 0 saturated carbocycles. The zero-order valence-electron chi connectivity index (χ0n) is 3.02. The Kier molecular flexibility index (Phi) is 4.16. The molecule has 0 bridgehead atoms. The molecule has 0 heterocycles. The quantitative estimate of drug-likeness (QED) is 0.458. The summed E-state index contributed by atoms with van der Waals surface area (Å²) in [6, 6.07) is 0. The number of hydrogen-bond donors (Lipinski definition) is 1. The molecule has 0 aromatic carbocycles. The molecule has 0 N–H and O–H groups in total. The molecule has 0 aromatic heterocycles. The van der Waals surface area contributed by atoms with Crippen molar-refractivity contribution >= 4 is 12.6 Å². The van der Waals surface area contributed by atoms with E-state index in [9.17, 15) is 0 Å². The van der Waals surface area contributed by atoms with Gasteiger partial charge in [-0.3, -0.25) is 0 Å². The lowest BCUT2D eigenvalue weighted by molar-refractivity contribution is 1.78. The van der Waals surface area contributed by atoms with E-state index in [1.807, 2.05) is 6.08 Å². The number of allylic oxidation sites excluding steroid dienone is 1. The summed E-state index contributed by atoms with van der Waals surface area (Å²) >= 11 is 3.87. The second kappa shape index (κ2) is 4.09. The first kappa shape index (κ1) is 5.09. The van der Waals surface area contributed by atoms with Gasteiger partial charge in [0.2, 0.25) is 0 Å². The van der Waals surface area contributed by atoms with Gasteiger partial charge >= 0.3 is 0 Å². The topological polar surface area (TPSA) is 0 Å². The third kappa shape index (κ3) is 4.09. The van der Waals surface area contributed by atoms with Crippen molar-refractivity contribution in [1.29, 1.82) is 0 Å². The van der Waals surface area contributed by atoms with Crippen LogP contribution in [0.5, 0.6) is 0 Å². The minimum Gasteiger partial charge on any atom is -0.175 e. The van der Waals surface area contributed by atoms with Crippen LogP contribution in [0.3, 0.4) is 0 Å². The molecule has 0 aliphatic rings.